The Labute approximate surface area is 192 Å². The molecule has 4 aromatic rings. The maximum absolute atomic E-state index is 5.30. The SMILES string of the molecule is CCc1c(SCCCc2ccccc2)ccnc1CSc1nc2ccc(OC)cc2[nH]1. The lowest BCUT2D eigenvalue weighted by Crippen LogP contribution is -1.98. The molecule has 0 aliphatic heterocycles. The number of aromatic nitrogens is 3. The maximum atomic E-state index is 5.30. The quantitative estimate of drug-likeness (QED) is 0.220. The van der Waals surface area contributed by atoms with Crippen LogP contribution < -0.4 is 4.74 Å². The van der Waals surface area contributed by atoms with E-state index in [1.165, 1.54) is 22.4 Å². The van der Waals surface area contributed by atoms with Gasteiger partial charge in [0.25, 0.3) is 0 Å². The number of H-pyrrole nitrogens is 1. The van der Waals surface area contributed by atoms with Gasteiger partial charge in [-0.3, -0.25) is 4.98 Å². The van der Waals surface area contributed by atoms with Crippen molar-refractivity contribution in [3.05, 3.63) is 77.6 Å². The lowest BCUT2D eigenvalue weighted by molar-refractivity contribution is 0.415. The molecule has 0 saturated heterocycles. The largest absolute Gasteiger partial charge is 0.497 e. The van der Waals surface area contributed by atoms with Crippen molar-refractivity contribution < 1.29 is 4.74 Å². The molecule has 1 N–H and O–H groups in total. The number of aryl methyl sites for hydroxylation is 1. The second-order valence-corrected chi connectivity index (χ2v) is 9.34. The Hall–Kier alpha value is -2.44. The van der Waals surface area contributed by atoms with Crippen LogP contribution in [0, 0.1) is 0 Å². The molecule has 2 aromatic heterocycles. The highest BCUT2D eigenvalue weighted by Gasteiger charge is 2.11. The van der Waals surface area contributed by atoms with Crippen molar-refractivity contribution >= 4 is 34.6 Å². The molecule has 0 unspecified atom stereocenters. The van der Waals surface area contributed by atoms with E-state index in [0.717, 1.165) is 52.0 Å². The fourth-order valence-corrected chi connectivity index (χ4v) is 5.52. The number of benzene rings is 2. The van der Waals surface area contributed by atoms with Crippen molar-refractivity contribution in [2.75, 3.05) is 12.9 Å². The van der Waals surface area contributed by atoms with Crippen LogP contribution >= 0.6 is 23.5 Å². The minimum absolute atomic E-state index is 0.804. The van der Waals surface area contributed by atoms with Gasteiger partial charge in [0.2, 0.25) is 0 Å². The zero-order valence-corrected chi connectivity index (χ0v) is 19.6. The number of nitrogens with zero attached hydrogens (tertiary/aromatic N) is 2. The average Bonchev–Trinajstić information content (AvgIpc) is 3.23. The second kappa shape index (κ2) is 10.7. The fourth-order valence-electron chi connectivity index (χ4n) is 3.55. The van der Waals surface area contributed by atoms with Gasteiger partial charge in [-0.15, -0.1) is 11.8 Å². The molecular formula is C25H27N3OS2. The van der Waals surface area contributed by atoms with Gasteiger partial charge in [0.05, 0.1) is 23.8 Å². The van der Waals surface area contributed by atoms with Crippen molar-refractivity contribution in [3.8, 4) is 5.75 Å². The number of nitrogens with one attached hydrogen (secondary N) is 1. The summed E-state index contributed by atoms with van der Waals surface area (Å²) in [5, 5.41) is 0.910. The number of methoxy groups -OCH3 is 1. The highest BCUT2D eigenvalue weighted by atomic mass is 32.2. The normalized spacial score (nSPS) is 11.2. The van der Waals surface area contributed by atoms with Gasteiger partial charge in [-0.2, -0.15) is 0 Å². The zero-order valence-electron chi connectivity index (χ0n) is 17.9. The molecule has 0 radical (unpaired) electrons. The monoisotopic (exact) mass is 449 g/mol. The van der Waals surface area contributed by atoms with E-state index >= 15 is 0 Å². The minimum Gasteiger partial charge on any atom is -0.497 e. The molecule has 160 valence electrons. The van der Waals surface area contributed by atoms with E-state index in [1.54, 1.807) is 18.9 Å². The number of thioether (sulfide) groups is 2. The Morgan fingerprint density at radius 2 is 1.90 bits per heavy atom. The Morgan fingerprint density at radius 3 is 2.71 bits per heavy atom. The Kier molecular flexibility index (Phi) is 7.54. The van der Waals surface area contributed by atoms with Gasteiger partial charge in [-0.25, -0.2) is 4.98 Å². The zero-order chi connectivity index (χ0) is 21.5. The first kappa shape index (κ1) is 21.8. The fraction of sp³-hybridized carbons (Fsp3) is 0.280. The number of rotatable bonds is 10. The first-order valence-electron chi connectivity index (χ1n) is 10.6. The summed E-state index contributed by atoms with van der Waals surface area (Å²) in [4.78, 5) is 14.1. The van der Waals surface area contributed by atoms with Crippen LogP contribution in [-0.4, -0.2) is 27.8 Å². The highest BCUT2D eigenvalue weighted by Crippen LogP contribution is 2.30. The van der Waals surface area contributed by atoms with E-state index < -0.39 is 0 Å². The topological polar surface area (TPSA) is 50.8 Å². The number of pyridine rings is 1. The molecule has 0 atom stereocenters. The molecule has 0 spiro atoms. The van der Waals surface area contributed by atoms with Crippen LogP contribution in [0.5, 0.6) is 5.75 Å². The van der Waals surface area contributed by atoms with Crippen molar-refractivity contribution in [3.63, 3.8) is 0 Å². The standard InChI is InChI=1S/C25H27N3OS2/c1-3-20-23(17-31-25-27-21-12-11-19(29-2)16-22(21)28-25)26-14-13-24(20)30-15-7-10-18-8-5-4-6-9-18/h4-6,8-9,11-14,16H,3,7,10,15,17H2,1-2H3,(H,27,28). The third-order valence-electron chi connectivity index (χ3n) is 5.18. The van der Waals surface area contributed by atoms with Gasteiger partial charge in [-0.05, 0) is 54.3 Å². The molecule has 0 aliphatic rings. The van der Waals surface area contributed by atoms with Gasteiger partial charge in [0.15, 0.2) is 5.16 Å². The summed E-state index contributed by atoms with van der Waals surface area (Å²) < 4.78 is 5.30. The Balaban J connectivity index is 1.38. The van der Waals surface area contributed by atoms with E-state index in [1.807, 2.05) is 36.2 Å². The van der Waals surface area contributed by atoms with Crippen LogP contribution in [0.4, 0.5) is 0 Å². The summed E-state index contributed by atoms with van der Waals surface area (Å²) in [6.07, 6.45) is 5.23. The van der Waals surface area contributed by atoms with Gasteiger partial charge in [0.1, 0.15) is 5.75 Å². The summed E-state index contributed by atoms with van der Waals surface area (Å²) in [5.74, 6) is 2.75. The van der Waals surface area contributed by atoms with Crippen LogP contribution in [0.1, 0.15) is 30.2 Å². The third-order valence-corrected chi connectivity index (χ3v) is 7.25. The van der Waals surface area contributed by atoms with Crippen molar-refractivity contribution in [2.24, 2.45) is 0 Å². The molecule has 2 aromatic carbocycles. The van der Waals surface area contributed by atoms with Crippen molar-refractivity contribution in [1.29, 1.82) is 0 Å². The van der Waals surface area contributed by atoms with E-state index in [4.69, 9.17) is 4.74 Å². The van der Waals surface area contributed by atoms with Crippen LogP contribution in [0.25, 0.3) is 11.0 Å². The van der Waals surface area contributed by atoms with Gasteiger partial charge in [0, 0.05) is 22.9 Å². The number of ether oxygens (including phenoxy) is 1. The first-order valence-corrected chi connectivity index (χ1v) is 12.5. The second-order valence-electron chi connectivity index (χ2n) is 7.24. The summed E-state index contributed by atoms with van der Waals surface area (Å²) in [5.41, 5.74) is 5.87. The molecule has 0 amide bonds. The third kappa shape index (κ3) is 5.63. The molecule has 2 heterocycles. The Morgan fingerprint density at radius 1 is 1.03 bits per heavy atom. The minimum atomic E-state index is 0.804. The molecule has 6 heteroatoms. The number of hydrogen-bond donors (Lipinski definition) is 1. The van der Waals surface area contributed by atoms with Crippen LogP contribution in [0.15, 0.2) is 70.8 Å². The molecular weight excluding hydrogens is 422 g/mol. The first-order chi connectivity index (χ1) is 15.3. The van der Waals surface area contributed by atoms with E-state index in [0.29, 0.717) is 0 Å². The molecule has 0 fully saturated rings. The van der Waals surface area contributed by atoms with E-state index in [-0.39, 0.29) is 0 Å². The molecule has 4 nitrogen and oxygen atoms in total. The Bertz CT molecular complexity index is 1130. The van der Waals surface area contributed by atoms with Gasteiger partial charge < -0.3 is 9.72 Å². The predicted molar refractivity (Wildman–Crippen MR) is 131 cm³/mol. The summed E-state index contributed by atoms with van der Waals surface area (Å²) >= 11 is 3.65. The number of hydrogen-bond acceptors (Lipinski definition) is 5. The van der Waals surface area contributed by atoms with Crippen molar-refractivity contribution in [2.45, 2.75) is 42.0 Å². The van der Waals surface area contributed by atoms with E-state index in [9.17, 15) is 0 Å². The average molecular weight is 450 g/mol. The summed E-state index contributed by atoms with van der Waals surface area (Å²) in [6, 6.07) is 18.8. The van der Waals surface area contributed by atoms with Gasteiger partial charge >= 0.3 is 0 Å². The van der Waals surface area contributed by atoms with Crippen LogP contribution in [-0.2, 0) is 18.6 Å². The molecule has 4 rings (SSSR count). The molecule has 0 aliphatic carbocycles. The lowest BCUT2D eigenvalue weighted by Gasteiger charge is -2.12. The smallest absolute Gasteiger partial charge is 0.166 e. The van der Waals surface area contributed by atoms with E-state index in [2.05, 4.69) is 58.3 Å². The lowest BCUT2D eigenvalue weighted by atomic mass is 10.1. The number of imidazole rings is 1. The summed E-state index contributed by atoms with van der Waals surface area (Å²) in [6.45, 7) is 2.21. The van der Waals surface area contributed by atoms with Crippen molar-refractivity contribution in [1.82, 2.24) is 15.0 Å². The maximum Gasteiger partial charge on any atom is 0.166 e. The van der Waals surface area contributed by atoms with Crippen LogP contribution in [0.3, 0.4) is 0 Å². The summed E-state index contributed by atoms with van der Waals surface area (Å²) in [7, 11) is 1.68. The predicted octanol–water partition coefficient (Wildman–Crippen LogP) is 6.55. The van der Waals surface area contributed by atoms with Gasteiger partial charge in [-0.1, -0.05) is 49.0 Å². The molecule has 0 bridgehead atoms. The number of fused-ring (bicyclic) bond motifs is 1. The number of aromatic amines is 1. The highest BCUT2D eigenvalue weighted by molar-refractivity contribution is 7.99. The molecule has 0 saturated carbocycles. The van der Waals surface area contributed by atoms with Crippen LogP contribution in [0.2, 0.25) is 0 Å². The molecule has 31 heavy (non-hydrogen) atoms.